The minimum Gasteiger partial charge on any atom is -0.479 e. The van der Waals surface area contributed by atoms with Crippen LogP contribution in [0, 0.1) is 5.95 Å². The van der Waals surface area contributed by atoms with Crippen molar-refractivity contribution in [1.29, 1.82) is 0 Å². The van der Waals surface area contributed by atoms with Gasteiger partial charge in [-0.1, -0.05) is 6.07 Å². The smallest absolute Gasteiger partial charge is 0.332 e. The van der Waals surface area contributed by atoms with E-state index in [2.05, 4.69) is 10.3 Å². The number of amides is 1. The van der Waals surface area contributed by atoms with E-state index < -0.39 is 23.9 Å². The molecule has 1 aromatic heterocycles. The SMILES string of the molecule is O=C(NCC1CCC(C(=O)O)O1)c1cccc(F)n1. The molecule has 19 heavy (non-hydrogen) atoms. The Balaban J connectivity index is 1.83. The van der Waals surface area contributed by atoms with Gasteiger partial charge in [-0.15, -0.1) is 0 Å². The number of hydrogen-bond donors (Lipinski definition) is 2. The van der Waals surface area contributed by atoms with Crippen molar-refractivity contribution in [3.05, 3.63) is 29.8 Å². The first-order valence-corrected chi connectivity index (χ1v) is 5.85. The number of aliphatic carboxylic acids is 1. The Labute approximate surface area is 108 Å². The molecular weight excluding hydrogens is 255 g/mol. The summed E-state index contributed by atoms with van der Waals surface area (Å²) in [5.74, 6) is -2.24. The molecule has 2 N–H and O–H groups in total. The third kappa shape index (κ3) is 3.47. The molecule has 1 saturated heterocycles. The summed E-state index contributed by atoms with van der Waals surface area (Å²) in [5.41, 5.74) is -0.0206. The van der Waals surface area contributed by atoms with Gasteiger partial charge >= 0.3 is 5.97 Å². The Morgan fingerprint density at radius 3 is 2.89 bits per heavy atom. The lowest BCUT2D eigenvalue weighted by molar-refractivity contribution is -0.149. The summed E-state index contributed by atoms with van der Waals surface area (Å²) in [6, 6.07) is 3.94. The molecule has 0 spiro atoms. The fraction of sp³-hybridized carbons (Fsp3) is 0.417. The van der Waals surface area contributed by atoms with Gasteiger partial charge in [-0.05, 0) is 25.0 Å². The Morgan fingerprint density at radius 1 is 1.47 bits per heavy atom. The summed E-state index contributed by atoms with van der Waals surface area (Å²) in [4.78, 5) is 25.8. The summed E-state index contributed by atoms with van der Waals surface area (Å²) < 4.78 is 18.1. The average Bonchev–Trinajstić information content (AvgIpc) is 2.85. The van der Waals surface area contributed by atoms with Crippen LogP contribution in [-0.2, 0) is 9.53 Å². The van der Waals surface area contributed by atoms with Crippen molar-refractivity contribution in [2.24, 2.45) is 0 Å². The van der Waals surface area contributed by atoms with Crippen LogP contribution in [0.3, 0.4) is 0 Å². The van der Waals surface area contributed by atoms with Crippen molar-refractivity contribution in [2.75, 3.05) is 6.54 Å². The van der Waals surface area contributed by atoms with E-state index >= 15 is 0 Å². The fourth-order valence-corrected chi connectivity index (χ4v) is 1.87. The zero-order valence-corrected chi connectivity index (χ0v) is 10.0. The number of halogens is 1. The molecule has 0 saturated carbocycles. The van der Waals surface area contributed by atoms with Gasteiger partial charge in [0, 0.05) is 6.54 Å². The van der Waals surface area contributed by atoms with Gasteiger partial charge in [-0.3, -0.25) is 4.79 Å². The molecule has 1 aliphatic rings. The first kappa shape index (κ1) is 13.4. The number of pyridine rings is 1. The number of carboxylic acids is 1. The Bertz CT molecular complexity index is 494. The average molecular weight is 268 g/mol. The molecule has 0 bridgehead atoms. The number of nitrogens with one attached hydrogen (secondary N) is 1. The maximum Gasteiger partial charge on any atom is 0.332 e. The van der Waals surface area contributed by atoms with Crippen LogP contribution >= 0.6 is 0 Å². The molecule has 102 valence electrons. The van der Waals surface area contributed by atoms with Crippen molar-refractivity contribution in [2.45, 2.75) is 25.0 Å². The number of hydrogen-bond acceptors (Lipinski definition) is 4. The summed E-state index contributed by atoms with van der Waals surface area (Å²) in [6.07, 6.45) is -0.158. The van der Waals surface area contributed by atoms with Crippen LogP contribution in [0.25, 0.3) is 0 Å². The van der Waals surface area contributed by atoms with Crippen LogP contribution in [0.1, 0.15) is 23.3 Å². The minimum atomic E-state index is -0.999. The summed E-state index contributed by atoms with van der Waals surface area (Å²) in [7, 11) is 0. The van der Waals surface area contributed by atoms with Gasteiger partial charge in [0.15, 0.2) is 6.10 Å². The molecule has 0 aromatic carbocycles. The second-order valence-electron chi connectivity index (χ2n) is 4.22. The molecule has 6 nitrogen and oxygen atoms in total. The first-order valence-electron chi connectivity index (χ1n) is 5.85. The number of aromatic nitrogens is 1. The number of carboxylic acid groups (broad SMARTS) is 1. The summed E-state index contributed by atoms with van der Waals surface area (Å²) in [5, 5.41) is 11.3. The topological polar surface area (TPSA) is 88.5 Å². The molecule has 1 aromatic rings. The van der Waals surface area contributed by atoms with Crippen LogP contribution in [0.5, 0.6) is 0 Å². The van der Waals surface area contributed by atoms with E-state index in [1.165, 1.54) is 12.1 Å². The van der Waals surface area contributed by atoms with Crippen molar-refractivity contribution in [3.63, 3.8) is 0 Å². The first-order chi connectivity index (χ1) is 9.06. The predicted octanol–water partition coefficient (Wildman–Crippen LogP) is 0.583. The van der Waals surface area contributed by atoms with Gasteiger partial charge in [0.25, 0.3) is 5.91 Å². The number of nitrogens with zero attached hydrogens (tertiary/aromatic N) is 1. The predicted molar refractivity (Wildman–Crippen MR) is 62.1 cm³/mol. The molecule has 0 radical (unpaired) electrons. The highest BCUT2D eigenvalue weighted by molar-refractivity contribution is 5.92. The van der Waals surface area contributed by atoms with Crippen LogP contribution in [0.4, 0.5) is 4.39 Å². The lowest BCUT2D eigenvalue weighted by Crippen LogP contribution is -2.33. The molecule has 2 unspecified atom stereocenters. The summed E-state index contributed by atoms with van der Waals surface area (Å²) in [6.45, 7) is 0.181. The molecule has 1 amide bonds. The van der Waals surface area contributed by atoms with Gasteiger partial charge < -0.3 is 15.2 Å². The van der Waals surface area contributed by atoms with Gasteiger partial charge in [-0.25, -0.2) is 9.78 Å². The van der Waals surface area contributed by atoms with Crippen molar-refractivity contribution < 1.29 is 23.8 Å². The van der Waals surface area contributed by atoms with Gasteiger partial charge in [0.05, 0.1) is 6.10 Å². The quantitative estimate of drug-likeness (QED) is 0.780. The minimum absolute atomic E-state index is 0.0206. The maximum absolute atomic E-state index is 12.8. The number of ether oxygens (including phenoxy) is 1. The molecular formula is C12H13FN2O4. The number of carbonyl (C=O) groups is 2. The number of rotatable bonds is 4. The van der Waals surface area contributed by atoms with Crippen molar-refractivity contribution >= 4 is 11.9 Å². The lowest BCUT2D eigenvalue weighted by Gasteiger charge is -2.12. The van der Waals surface area contributed by atoms with Crippen molar-refractivity contribution in [3.8, 4) is 0 Å². The maximum atomic E-state index is 12.8. The molecule has 0 aliphatic carbocycles. The van der Waals surface area contributed by atoms with E-state index in [0.29, 0.717) is 12.8 Å². The number of carbonyl (C=O) groups excluding carboxylic acids is 1. The van der Waals surface area contributed by atoms with Crippen LogP contribution in [0.2, 0.25) is 0 Å². The highest BCUT2D eigenvalue weighted by Gasteiger charge is 2.30. The van der Waals surface area contributed by atoms with E-state index in [1.54, 1.807) is 0 Å². The molecule has 2 atom stereocenters. The molecule has 7 heteroatoms. The molecule has 2 heterocycles. The zero-order valence-electron chi connectivity index (χ0n) is 10.0. The highest BCUT2D eigenvalue weighted by atomic mass is 19.1. The van der Waals surface area contributed by atoms with E-state index in [1.807, 2.05) is 0 Å². The zero-order chi connectivity index (χ0) is 13.8. The van der Waals surface area contributed by atoms with Crippen molar-refractivity contribution in [1.82, 2.24) is 10.3 Å². The second-order valence-corrected chi connectivity index (χ2v) is 4.22. The molecule has 2 rings (SSSR count). The van der Waals surface area contributed by atoms with E-state index in [0.717, 1.165) is 6.07 Å². The fourth-order valence-electron chi connectivity index (χ4n) is 1.87. The van der Waals surface area contributed by atoms with Crippen LogP contribution in [-0.4, -0.2) is 40.7 Å². The Kier molecular flexibility index (Phi) is 4.06. The van der Waals surface area contributed by atoms with Gasteiger partial charge in [0.1, 0.15) is 5.69 Å². The Hall–Kier alpha value is -2.02. The van der Waals surface area contributed by atoms with Crippen LogP contribution in [0.15, 0.2) is 18.2 Å². The Morgan fingerprint density at radius 2 is 2.26 bits per heavy atom. The van der Waals surface area contributed by atoms with E-state index in [4.69, 9.17) is 9.84 Å². The second kappa shape index (κ2) is 5.75. The monoisotopic (exact) mass is 268 g/mol. The molecule has 1 fully saturated rings. The van der Waals surface area contributed by atoms with E-state index in [-0.39, 0.29) is 18.3 Å². The third-order valence-corrected chi connectivity index (χ3v) is 2.82. The van der Waals surface area contributed by atoms with Gasteiger partial charge in [-0.2, -0.15) is 4.39 Å². The highest BCUT2D eigenvalue weighted by Crippen LogP contribution is 2.19. The van der Waals surface area contributed by atoms with Crippen LogP contribution < -0.4 is 5.32 Å². The lowest BCUT2D eigenvalue weighted by atomic mass is 10.2. The molecule has 1 aliphatic heterocycles. The third-order valence-electron chi connectivity index (χ3n) is 2.82. The van der Waals surface area contributed by atoms with E-state index in [9.17, 15) is 14.0 Å². The largest absolute Gasteiger partial charge is 0.479 e. The standard InChI is InChI=1S/C12H13FN2O4/c13-10-3-1-2-8(15-10)11(16)14-6-7-4-5-9(19-7)12(17)18/h1-3,7,9H,4-6H2,(H,14,16)(H,17,18). The normalized spacial score (nSPS) is 22.2. The van der Waals surface area contributed by atoms with Gasteiger partial charge in [0.2, 0.25) is 5.95 Å². The summed E-state index contributed by atoms with van der Waals surface area (Å²) >= 11 is 0.